The highest BCUT2D eigenvalue weighted by Gasteiger charge is 2.27. The number of carbonyl (C=O) groups excluding carboxylic acids is 8. The SMILES string of the molecule is CC(=O)OCc1cc2c(cc1COC(C)=O)-c1nc-2nc2[nH]c(nc3nc(nc4[nH]c(n1)c1cc(COC(C)=O)c(COC(C)=O)cc41)-c1cc(COC(C)=O)c(COC(C)=O)cc1-3)c1cc(COC(C)=O)c(COC(C)=O)cc21. The van der Waals surface area contributed by atoms with Crippen LogP contribution in [0.4, 0.5) is 0 Å². The average Bonchev–Trinajstić information content (AvgIpc) is 4.11. The van der Waals surface area contributed by atoms with Gasteiger partial charge in [0.15, 0.2) is 23.3 Å². The minimum atomic E-state index is -0.569. The van der Waals surface area contributed by atoms with Gasteiger partial charge in [-0.2, -0.15) is 0 Å². The van der Waals surface area contributed by atoms with Crippen LogP contribution in [0, 0.1) is 0 Å². The van der Waals surface area contributed by atoms with Crippen molar-refractivity contribution in [2.24, 2.45) is 0 Å². The molecule has 0 saturated heterocycles. The number of nitrogens with one attached hydrogen (secondary N) is 2. The Morgan fingerprint density at radius 1 is 0.275 bits per heavy atom. The Bertz CT molecular complexity index is 3480. The van der Waals surface area contributed by atoms with E-state index in [1.807, 2.05) is 0 Å². The minimum Gasteiger partial charge on any atom is -0.461 e. The van der Waals surface area contributed by atoms with Gasteiger partial charge in [0, 0.05) is 99.2 Å². The first kappa shape index (κ1) is 54.8. The molecule has 7 aromatic rings. The molecule has 0 unspecified atom stereocenters. The second-order valence-corrected chi connectivity index (χ2v) is 18.5. The van der Waals surface area contributed by atoms with Crippen LogP contribution < -0.4 is 0 Å². The van der Waals surface area contributed by atoms with E-state index in [1.165, 1.54) is 55.4 Å². The molecule has 24 nitrogen and oxygen atoms in total. The molecule has 8 bridgehead atoms. The molecule has 2 aliphatic heterocycles. The molecule has 2 N–H and O–H groups in total. The molecule has 0 spiro atoms. The summed E-state index contributed by atoms with van der Waals surface area (Å²) in [5, 5.41) is 1.75. The zero-order chi connectivity index (χ0) is 57.1. The van der Waals surface area contributed by atoms with Crippen molar-refractivity contribution in [2.75, 3.05) is 0 Å². The number of carbonyl (C=O) groups is 8. The van der Waals surface area contributed by atoms with Crippen molar-refractivity contribution in [3.05, 3.63) is 93.0 Å². The van der Waals surface area contributed by atoms with E-state index in [-0.39, 0.29) is 98.7 Å². The lowest BCUT2D eigenvalue weighted by Crippen LogP contribution is -2.06. The minimum absolute atomic E-state index is 0.101. The standard InChI is InChI=1S/C56H50N8O16/c1-25(65)73-17-33-9-41-42(10-34(33)18-74-26(2)66)50-57-49(41)61-51-43-11-35(19-75-27(3)67)36(20-76-28(4)68)12-44(43)53(58-51)63-55-47-15-39(23-79-31(7)71)40(24-80-32(8)72)16-48(47)56(60-55)64-54-46-14-38(22-78-30(6)70)37(21-77-29(5)69)13-45(46)52(59-54)62-50/h9-16H,17-24H2,1-8H3,(H2,57,58,59,60,61,62,63,64). The van der Waals surface area contributed by atoms with E-state index in [2.05, 4.69) is 9.97 Å². The molecule has 24 heteroatoms. The summed E-state index contributed by atoms with van der Waals surface area (Å²) in [6.45, 7) is 8.31. The third kappa shape index (κ3) is 12.2. The molecule has 0 fully saturated rings. The van der Waals surface area contributed by atoms with Gasteiger partial charge < -0.3 is 47.9 Å². The number of hydrogen-bond donors (Lipinski definition) is 2. The molecule has 2 aliphatic rings. The molecule has 4 aromatic carbocycles. The van der Waals surface area contributed by atoms with Crippen LogP contribution >= 0.6 is 0 Å². The number of hydrogen-bond acceptors (Lipinski definition) is 22. The Kier molecular flexibility index (Phi) is 15.7. The number of aromatic amines is 2. The van der Waals surface area contributed by atoms with E-state index < -0.39 is 47.8 Å². The first-order valence-electron chi connectivity index (χ1n) is 24.7. The van der Waals surface area contributed by atoms with Gasteiger partial charge in [0.25, 0.3) is 0 Å². The highest BCUT2D eigenvalue weighted by molar-refractivity contribution is 6.07. The normalized spacial score (nSPS) is 11.3. The van der Waals surface area contributed by atoms with Gasteiger partial charge in [0.05, 0.1) is 0 Å². The third-order valence-electron chi connectivity index (χ3n) is 12.6. The Hall–Kier alpha value is -10.0. The molecular weight excluding hydrogens is 1040 g/mol. The largest absolute Gasteiger partial charge is 0.461 e. The topological polar surface area (TPSA) is 319 Å². The van der Waals surface area contributed by atoms with Crippen LogP contribution in [-0.4, -0.2) is 87.6 Å². The first-order chi connectivity index (χ1) is 38.2. The monoisotopic (exact) mass is 1090 g/mol. The molecule has 0 radical (unpaired) electrons. The maximum Gasteiger partial charge on any atom is 0.302 e. The lowest BCUT2D eigenvalue weighted by molar-refractivity contribution is -0.143. The van der Waals surface area contributed by atoms with Crippen molar-refractivity contribution in [2.45, 2.75) is 108 Å². The van der Waals surface area contributed by atoms with Gasteiger partial charge in [0.1, 0.15) is 75.4 Å². The van der Waals surface area contributed by atoms with Crippen LogP contribution in [0.2, 0.25) is 0 Å². The van der Waals surface area contributed by atoms with Crippen LogP contribution in [0.25, 0.3) is 89.7 Å². The van der Waals surface area contributed by atoms with E-state index in [0.29, 0.717) is 88.3 Å². The lowest BCUT2D eigenvalue weighted by atomic mass is 9.99. The van der Waals surface area contributed by atoms with E-state index >= 15 is 0 Å². The smallest absolute Gasteiger partial charge is 0.302 e. The molecule has 9 rings (SSSR count). The fourth-order valence-corrected chi connectivity index (χ4v) is 8.84. The Labute approximate surface area is 453 Å². The van der Waals surface area contributed by atoms with E-state index in [4.69, 9.17) is 67.8 Å². The summed E-state index contributed by atoms with van der Waals surface area (Å²) < 4.78 is 43.7. The number of nitrogens with zero attached hydrogens (tertiary/aromatic N) is 6. The Morgan fingerprint density at radius 2 is 0.438 bits per heavy atom. The number of esters is 8. The van der Waals surface area contributed by atoms with Crippen LogP contribution in [0.3, 0.4) is 0 Å². The maximum absolute atomic E-state index is 12.2. The molecule has 0 aliphatic carbocycles. The molecule has 80 heavy (non-hydrogen) atoms. The third-order valence-corrected chi connectivity index (χ3v) is 12.6. The molecule has 0 amide bonds. The quantitative estimate of drug-likeness (QED) is 0.0704. The highest BCUT2D eigenvalue weighted by Crippen LogP contribution is 2.41. The van der Waals surface area contributed by atoms with Crippen LogP contribution in [0.15, 0.2) is 48.5 Å². The zero-order valence-corrected chi connectivity index (χ0v) is 44.5. The van der Waals surface area contributed by atoms with Gasteiger partial charge in [-0.1, -0.05) is 0 Å². The predicted octanol–water partition coefficient (Wildman–Crippen LogP) is 7.37. The molecule has 3 aromatic heterocycles. The Balaban J connectivity index is 1.46. The van der Waals surface area contributed by atoms with Crippen molar-refractivity contribution in [1.29, 1.82) is 0 Å². The van der Waals surface area contributed by atoms with Crippen molar-refractivity contribution < 1.29 is 76.3 Å². The molecular formula is C56H50N8O16. The Morgan fingerprint density at radius 3 is 0.600 bits per heavy atom. The van der Waals surface area contributed by atoms with Crippen molar-refractivity contribution >= 4 is 91.9 Å². The molecule has 410 valence electrons. The molecule has 5 heterocycles. The summed E-state index contributed by atoms with van der Waals surface area (Å²) >= 11 is 0. The number of rotatable bonds is 16. The van der Waals surface area contributed by atoms with Gasteiger partial charge in [-0.05, 0) is 93.0 Å². The first-order valence-corrected chi connectivity index (χ1v) is 24.7. The van der Waals surface area contributed by atoms with Gasteiger partial charge in [0.2, 0.25) is 0 Å². The molecule has 0 atom stereocenters. The summed E-state index contributed by atoms with van der Waals surface area (Å²) in [6.07, 6.45) is 0. The maximum atomic E-state index is 12.2. The second kappa shape index (κ2) is 22.9. The van der Waals surface area contributed by atoms with Gasteiger partial charge in [-0.3, -0.25) is 38.4 Å². The van der Waals surface area contributed by atoms with Crippen molar-refractivity contribution in [3.8, 4) is 45.6 Å². The lowest BCUT2D eigenvalue weighted by Gasteiger charge is -2.12. The second-order valence-electron chi connectivity index (χ2n) is 18.5. The summed E-state index contributed by atoms with van der Waals surface area (Å²) in [4.78, 5) is 135. The number of ether oxygens (including phenoxy) is 8. The predicted molar refractivity (Wildman–Crippen MR) is 280 cm³/mol. The summed E-state index contributed by atoms with van der Waals surface area (Å²) in [7, 11) is 0. The number of benzene rings is 4. The van der Waals surface area contributed by atoms with Crippen LogP contribution in [-0.2, 0) is 129 Å². The van der Waals surface area contributed by atoms with Crippen LogP contribution in [0.5, 0.6) is 0 Å². The zero-order valence-electron chi connectivity index (χ0n) is 44.5. The van der Waals surface area contributed by atoms with Gasteiger partial charge in [-0.25, -0.2) is 29.9 Å². The van der Waals surface area contributed by atoms with E-state index in [9.17, 15) is 38.4 Å². The van der Waals surface area contributed by atoms with Gasteiger partial charge in [-0.15, -0.1) is 0 Å². The fourth-order valence-electron chi connectivity index (χ4n) is 8.84. The fraction of sp³-hybridized carbons (Fsp3) is 0.286. The summed E-state index contributed by atoms with van der Waals surface area (Å²) in [5.41, 5.74) is 6.06. The van der Waals surface area contributed by atoms with Crippen LogP contribution in [0.1, 0.15) is 99.9 Å². The van der Waals surface area contributed by atoms with E-state index in [1.54, 1.807) is 48.5 Å². The highest BCUT2D eigenvalue weighted by atomic mass is 16.6. The molecule has 0 saturated carbocycles. The van der Waals surface area contributed by atoms with Crippen molar-refractivity contribution in [1.82, 2.24) is 39.9 Å². The van der Waals surface area contributed by atoms with Crippen molar-refractivity contribution in [3.63, 3.8) is 0 Å². The van der Waals surface area contributed by atoms with E-state index in [0.717, 1.165) is 0 Å². The average molecular weight is 1090 g/mol. The van der Waals surface area contributed by atoms with Gasteiger partial charge >= 0.3 is 47.8 Å². The number of aromatic nitrogens is 8. The number of fused-ring (bicyclic) bond motifs is 20. The summed E-state index contributed by atoms with van der Waals surface area (Å²) in [5.74, 6) is -4.15. The summed E-state index contributed by atoms with van der Waals surface area (Å²) in [6, 6.07) is 13.7. The number of H-pyrrole nitrogens is 2.